The molecule has 1 saturated heterocycles. The molecule has 1 atom stereocenters. The number of allylic oxidation sites excluding steroid dienone is 2. The zero-order chi connectivity index (χ0) is 16.9. The molecular formula is C14H19F3N2O3. The minimum atomic E-state index is -4.74. The molecule has 0 aromatic carbocycles. The van der Waals surface area contributed by atoms with Crippen LogP contribution in [0.1, 0.15) is 19.8 Å². The van der Waals surface area contributed by atoms with E-state index >= 15 is 0 Å². The second-order valence-corrected chi connectivity index (χ2v) is 5.09. The van der Waals surface area contributed by atoms with Crippen LogP contribution in [-0.2, 0) is 0 Å². The van der Waals surface area contributed by atoms with Crippen LogP contribution in [0.15, 0.2) is 35.6 Å². The first-order valence-corrected chi connectivity index (χ1v) is 6.87. The Bertz CT molecular complexity index is 498. The Hall–Kier alpha value is -1.67. The maximum atomic E-state index is 12.9. The monoisotopic (exact) mass is 320 g/mol. The lowest BCUT2D eigenvalue weighted by Crippen LogP contribution is -2.29. The molecule has 8 heteroatoms. The van der Waals surface area contributed by atoms with Crippen molar-refractivity contribution >= 4 is 0 Å². The van der Waals surface area contributed by atoms with Gasteiger partial charge in [-0.15, -0.1) is 0 Å². The summed E-state index contributed by atoms with van der Waals surface area (Å²) in [7, 11) is 0. The molecule has 0 aromatic rings. The summed E-state index contributed by atoms with van der Waals surface area (Å²) < 4.78 is 38.8. The van der Waals surface area contributed by atoms with Crippen molar-refractivity contribution in [3.8, 4) is 0 Å². The van der Waals surface area contributed by atoms with Crippen LogP contribution in [0.25, 0.3) is 0 Å². The van der Waals surface area contributed by atoms with Gasteiger partial charge in [0, 0.05) is 25.7 Å². The fourth-order valence-electron chi connectivity index (χ4n) is 2.18. The third-order valence-corrected chi connectivity index (χ3v) is 3.35. The van der Waals surface area contributed by atoms with Crippen LogP contribution in [0.5, 0.6) is 0 Å². The number of hydrogen-bond acceptors (Lipinski definition) is 4. The fraction of sp³-hybridized carbons (Fsp3) is 0.571. The first kappa shape index (κ1) is 18.4. The molecule has 0 aromatic heterocycles. The van der Waals surface area contributed by atoms with E-state index < -0.39 is 34.0 Å². The largest absolute Gasteiger partial charge is 0.416 e. The van der Waals surface area contributed by atoms with Crippen molar-refractivity contribution in [3.05, 3.63) is 45.7 Å². The molecule has 1 rings (SSSR count). The topological polar surface area (TPSA) is 66.6 Å². The van der Waals surface area contributed by atoms with E-state index in [1.807, 2.05) is 0 Å². The molecule has 1 fully saturated rings. The Labute approximate surface area is 126 Å². The van der Waals surface area contributed by atoms with Gasteiger partial charge in [-0.05, 0) is 12.8 Å². The summed E-state index contributed by atoms with van der Waals surface area (Å²) in [6, 6.07) is 0. The molecule has 5 nitrogen and oxygen atoms in total. The molecule has 1 aliphatic heterocycles. The Morgan fingerprint density at radius 1 is 1.55 bits per heavy atom. The van der Waals surface area contributed by atoms with Crippen LogP contribution >= 0.6 is 0 Å². The number of likely N-dealkylation sites (tertiary alicyclic amines) is 1. The van der Waals surface area contributed by atoms with Gasteiger partial charge in [-0.2, -0.15) is 13.2 Å². The average Bonchev–Trinajstić information content (AvgIpc) is 2.81. The van der Waals surface area contributed by atoms with Gasteiger partial charge in [0.05, 0.1) is 22.2 Å². The molecule has 22 heavy (non-hydrogen) atoms. The summed E-state index contributed by atoms with van der Waals surface area (Å²) in [5.74, 6) is 0. The van der Waals surface area contributed by atoms with E-state index in [4.69, 9.17) is 0 Å². The normalized spacial score (nSPS) is 21.2. The van der Waals surface area contributed by atoms with E-state index in [0.29, 0.717) is 19.4 Å². The smallest absolute Gasteiger partial charge is 0.392 e. The lowest BCUT2D eigenvalue weighted by molar-refractivity contribution is -0.420. The number of nitrogens with zero attached hydrogens (tertiary/aromatic N) is 2. The van der Waals surface area contributed by atoms with Crippen molar-refractivity contribution in [1.29, 1.82) is 0 Å². The van der Waals surface area contributed by atoms with E-state index in [0.717, 1.165) is 6.08 Å². The molecule has 0 bridgehead atoms. The summed E-state index contributed by atoms with van der Waals surface area (Å²) in [5.41, 5.74) is -2.29. The van der Waals surface area contributed by atoms with Crippen molar-refractivity contribution in [1.82, 2.24) is 4.90 Å². The minimum absolute atomic E-state index is 0.192. The van der Waals surface area contributed by atoms with Gasteiger partial charge in [-0.3, -0.25) is 15.0 Å². The van der Waals surface area contributed by atoms with Gasteiger partial charge in [0.25, 0.3) is 5.70 Å². The summed E-state index contributed by atoms with van der Waals surface area (Å²) in [6.45, 7) is 5.03. The molecule has 0 spiro atoms. The second kappa shape index (κ2) is 7.55. The van der Waals surface area contributed by atoms with Gasteiger partial charge < -0.3 is 5.11 Å². The third-order valence-electron chi connectivity index (χ3n) is 3.35. The zero-order valence-corrected chi connectivity index (χ0v) is 12.3. The molecule has 1 aliphatic rings. The van der Waals surface area contributed by atoms with Crippen molar-refractivity contribution in [2.75, 3.05) is 19.6 Å². The number of hydrogen-bond donors (Lipinski definition) is 1. The number of rotatable bonds is 6. The molecule has 0 radical (unpaired) electrons. The van der Waals surface area contributed by atoms with E-state index in [9.17, 15) is 28.4 Å². The fourth-order valence-corrected chi connectivity index (χ4v) is 2.18. The highest BCUT2D eigenvalue weighted by Crippen LogP contribution is 2.33. The van der Waals surface area contributed by atoms with Gasteiger partial charge in [-0.1, -0.05) is 19.6 Å². The van der Waals surface area contributed by atoms with E-state index in [-0.39, 0.29) is 13.1 Å². The second-order valence-electron chi connectivity index (χ2n) is 5.09. The van der Waals surface area contributed by atoms with Crippen molar-refractivity contribution in [3.63, 3.8) is 0 Å². The Kier molecular flexibility index (Phi) is 6.31. The molecule has 0 aliphatic carbocycles. The van der Waals surface area contributed by atoms with E-state index in [1.54, 1.807) is 11.8 Å². The quantitative estimate of drug-likeness (QED) is 0.464. The van der Waals surface area contributed by atoms with Gasteiger partial charge >= 0.3 is 6.18 Å². The van der Waals surface area contributed by atoms with E-state index in [2.05, 4.69) is 6.58 Å². The summed E-state index contributed by atoms with van der Waals surface area (Å²) >= 11 is 0. The average molecular weight is 320 g/mol. The number of nitro groups is 1. The van der Waals surface area contributed by atoms with Gasteiger partial charge in [0.1, 0.15) is 0 Å². The highest BCUT2D eigenvalue weighted by Gasteiger charge is 2.38. The predicted molar refractivity (Wildman–Crippen MR) is 75.7 cm³/mol. The highest BCUT2D eigenvalue weighted by molar-refractivity contribution is 5.39. The van der Waals surface area contributed by atoms with Crippen LogP contribution in [0.4, 0.5) is 13.2 Å². The SMILES string of the molecule is C=C(/C(CN1CCC(O)C1)=C(\C=C/CC)[N+](=O)[O-])C(F)(F)F. The molecule has 0 saturated carbocycles. The van der Waals surface area contributed by atoms with Crippen molar-refractivity contribution < 1.29 is 23.2 Å². The molecule has 1 unspecified atom stereocenters. The van der Waals surface area contributed by atoms with Crippen LogP contribution in [-0.4, -0.2) is 46.8 Å². The minimum Gasteiger partial charge on any atom is -0.392 e. The molecule has 1 N–H and O–H groups in total. The molecular weight excluding hydrogens is 301 g/mol. The summed E-state index contributed by atoms with van der Waals surface area (Å²) in [6.07, 6.45) is -1.95. The summed E-state index contributed by atoms with van der Waals surface area (Å²) in [4.78, 5) is 11.9. The number of aliphatic hydroxyl groups excluding tert-OH is 1. The summed E-state index contributed by atoms with van der Waals surface area (Å²) in [5, 5.41) is 20.6. The van der Waals surface area contributed by atoms with Crippen molar-refractivity contribution in [2.45, 2.75) is 32.0 Å². The first-order chi connectivity index (χ1) is 10.2. The Morgan fingerprint density at radius 2 is 2.18 bits per heavy atom. The van der Waals surface area contributed by atoms with E-state index in [1.165, 1.54) is 6.08 Å². The number of halogens is 3. The van der Waals surface area contributed by atoms with Gasteiger partial charge in [0.15, 0.2) is 0 Å². The highest BCUT2D eigenvalue weighted by atomic mass is 19.4. The van der Waals surface area contributed by atoms with Crippen LogP contribution in [0.3, 0.4) is 0 Å². The third kappa shape index (κ3) is 4.96. The zero-order valence-electron chi connectivity index (χ0n) is 12.3. The van der Waals surface area contributed by atoms with Crippen molar-refractivity contribution in [2.24, 2.45) is 0 Å². The number of aliphatic hydroxyl groups is 1. The number of β-amino-alcohol motifs (C(OH)–C–C–N with tert-alkyl or cyclic N) is 1. The van der Waals surface area contributed by atoms with Crippen LogP contribution < -0.4 is 0 Å². The molecule has 0 amide bonds. The predicted octanol–water partition coefficient (Wildman–Crippen LogP) is 2.67. The Morgan fingerprint density at radius 3 is 2.59 bits per heavy atom. The first-order valence-electron chi connectivity index (χ1n) is 6.87. The maximum Gasteiger partial charge on any atom is 0.416 e. The van der Waals surface area contributed by atoms with Gasteiger partial charge in [0.2, 0.25) is 0 Å². The van der Waals surface area contributed by atoms with Crippen LogP contribution in [0, 0.1) is 10.1 Å². The maximum absolute atomic E-state index is 12.9. The standard InChI is InChI=1S/C14H19F3N2O3/c1-3-4-5-13(19(21)22)12(10(2)14(15,16)17)9-18-7-6-11(20)8-18/h4-5,11,20H,2-3,6-9H2,1H3/b5-4-,13-12+. The Balaban J connectivity index is 3.21. The molecule has 1 heterocycles. The lowest BCUT2D eigenvalue weighted by atomic mass is 10.0. The van der Waals surface area contributed by atoms with Gasteiger partial charge in [-0.25, -0.2) is 0 Å². The molecule has 124 valence electrons. The van der Waals surface area contributed by atoms with Crippen LogP contribution in [0.2, 0.25) is 0 Å². The lowest BCUT2D eigenvalue weighted by Gasteiger charge is -2.20. The number of alkyl halides is 3.